The van der Waals surface area contributed by atoms with Gasteiger partial charge in [0, 0.05) is 0 Å². The van der Waals surface area contributed by atoms with Crippen molar-refractivity contribution in [1.29, 1.82) is 5.26 Å². The summed E-state index contributed by atoms with van der Waals surface area (Å²) in [5.41, 5.74) is 3.27. The van der Waals surface area contributed by atoms with E-state index in [2.05, 4.69) is 18.2 Å². The van der Waals surface area contributed by atoms with E-state index in [4.69, 9.17) is 5.26 Å². The predicted molar refractivity (Wildman–Crippen MR) is 43.9 cm³/mol. The van der Waals surface area contributed by atoms with Gasteiger partial charge in [-0.15, -0.1) is 0 Å². The van der Waals surface area contributed by atoms with Crippen LogP contribution in [0.15, 0.2) is 24.3 Å². The summed E-state index contributed by atoms with van der Waals surface area (Å²) < 4.78 is 0. The van der Waals surface area contributed by atoms with Crippen LogP contribution in [0.4, 0.5) is 0 Å². The van der Waals surface area contributed by atoms with Crippen molar-refractivity contribution in [2.45, 2.75) is 6.42 Å². The molecule has 1 aromatic carbocycles. The third-order valence-electron chi connectivity index (χ3n) is 1.91. The van der Waals surface area contributed by atoms with Crippen LogP contribution in [0.3, 0.4) is 0 Å². The van der Waals surface area contributed by atoms with Crippen molar-refractivity contribution in [3.8, 4) is 6.07 Å². The first-order valence-corrected chi connectivity index (χ1v) is 3.60. The van der Waals surface area contributed by atoms with Gasteiger partial charge in [-0.1, -0.05) is 18.2 Å². The lowest BCUT2D eigenvalue weighted by Crippen LogP contribution is -1.82. The zero-order chi connectivity index (χ0) is 7.68. The summed E-state index contributed by atoms with van der Waals surface area (Å²) in [6, 6.07) is 7.94. The molecule has 0 unspecified atom stereocenters. The van der Waals surface area contributed by atoms with E-state index < -0.39 is 0 Å². The van der Waals surface area contributed by atoms with Gasteiger partial charge >= 0.3 is 0 Å². The predicted octanol–water partition coefficient (Wildman–Crippen LogP) is 2.13. The fraction of sp³-hybridized carbons (Fsp3) is 0.100. The topological polar surface area (TPSA) is 23.8 Å². The second kappa shape index (κ2) is 2.25. The van der Waals surface area contributed by atoms with Crippen LogP contribution in [0, 0.1) is 11.3 Å². The van der Waals surface area contributed by atoms with E-state index >= 15 is 0 Å². The van der Waals surface area contributed by atoms with Crippen LogP contribution in [0.1, 0.15) is 16.7 Å². The van der Waals surface area contributed by atoms with E-state index in [1.54, 1.807) is 0 Å². The second-order valence-corrected chi connectivity index (χ2v) is 2.63. The van der Waals surface area contributed by atoms with Gasteiger partial charge in [-0.2, -0.15) is 5.26 Å². The minimum atomic E-state index is 0.746. The molecular weight excluding hydrogens is 134 g/mol. The molecule has 1 nitrogen and oxygen atoms in total. The summed E-state index contributed by atoms with van der Waals surface area (Å²) in [7, 11) is 0. The molecule has 0 aromatic heterocycles. The van der Waals surface area contributed by atoms with Crippen LogP contribution < -0.4 is 0 Å². The molecule has 0 atom stereocenters. The van der Waals surface area contributed by atoms with Crippen molar-refractivity contribution in [3.05, 3.63) is 41.0 Å². The number of allylic oxidation sites excluding steroid dienone is 1. The molecule has 11 heavy (non-hydrogen) atoms. The largest absolute Gasteiger partial charge is 0.192 e. The number of nitriles is 1. The lowest BCUT2D eigenvalue weighted by Gasteiger charge is -1.96. The minimum absolute atomic E-state index is 0.746. The molecule has 0 heterocycles. The van der Waals surface area contributed by atoms with Crippen molar-refractivity contribution >= 4 is 6.08 Å². The van der Waals surface area contributed by atoms with Gasteiger partial charge in [0.05, 0.1) is 11.6 Å². The highest BCUT2D eigenvalue weighted by Gasteiger charge is 2.04. The number of rotatable bonds is 0. The fourth-order valence-corrected chi connectivity index (χ4v) is 1.32. The first-order chi connectivity index (χ1) is 5.40. The van der Waals surface area contributed by atoms with Crippen molar-refractivity contribution in [3.63, 3.8) is 0 Å². The van der Waals surface area contributed by atoms with E-state index in [1.807, 2.05) is 18.2 Å². The molecule has 1 heteroatoms. The third kappa shape index (κ3) is 0.929. The Kier molecular flexibility index (Phi) is 1.26. The zero-order valence-electron chi connectivity index (χ0n) is 6.04. The lowest BCUT2D eigenvalue weighted by atomic mass is 10.1. The lowest BCUT2D eigenvalue weighted by molar-refractivity contribution is 1.30. The van der Waals surface area contributed by atoms with Crippen LogP contribution in [0.2, 0.25) is 0 Å². The smallest absolute Gasteiger partial charge is 0.0991 e. The summed E-state index contributed by atoms with van der Waals surface area (Å²) >= 11 is 0. The van der Waals surface area contributed by atoms with Gasteiger partial charge < -0.3 is 0 Å². The first-order valence-electron chi connectivity index (χ1n) is 3.60. The molecule has 0 amide bonds. The molecule has 52 valence electrons. The summed E-state index contributed by atoms with van der Waals surface area (Å²) in [6.07, 6.45) is 5.20. The maximum absolute atomic E-state index is 8.59. The minimum Gasteiger partial charge on any atom is -0.192 e. The quantitative estimate of drug-likeness (QED) is 0.543. The Labute approximate surface area is 65.6 Å². The van der Waals surface area contributed by atoms with Gasteiger partial charge in [0.2, 0.25) is 0 Å². The summed E-state index contributed by atoms with van der Waals surface area (Å²) in [6.45, 7) is 0. The van der Waals surface area contributed by atoms with Crippen molar-refractivity contribution in [2.24, 2.45) is 0 Å². The van der Waals surface area contributed by atoms with Crippen LogP contribution in [-0.4, -0.2) is 0 Å². The molecule has 0 spiro atoms. The molecule has 0 N–H and O–H groups in total. The molecule has 0 saturated carbocycles. The van der Waals surface area contributed by atoms with Gasteiger partial charge in [-0.25, -0.2) is 0 Å². The molecule has 1 aliphatic carbocycles. The molecule has 0 aliphatic heterocycles. The number of hydrogen-bond donors (Lipinski definition) is 0. The van der Waals surface area contributed by atoms with Gasteiger partial charge in [0.1, 0.15) is 0 Å². The van der Waals surface area contributed by atoms with Crippen molar-refractivity contribution < 1.29 is 0 Å². The van der Waals surface area contributed by atoms with Gasteiger partial charge in [0.25, 0.3) is 0 Å². The van der Waals surface area contributed by atoms with Crippen LogP contribution >= 0.6 is 0 Å². The molecule has 1 aliphatic rings. The molecule has 0 saturated heterocycles. The van der Waals surface area contributed by atoms with Gasteiger partial charge in [0.15, 0.2) is 0 Å². The average molecular weight is 141 g/mol. The SMILES string of the molecule is N#Cc1ccc2c(c1)C=CC2. The maximum Gasteiger partial charge on any atom is 0.0991 e. The third-order valence-corrected chi connectivity index (χ3v) is 1.91. The zero-order valence-corrected chi connectivity index (χ0v) is 6.04. The number of benzene rings is 1. The monoisotopic (exact) mass is 141 g/mol. The van der Waals surface area contributed by atoms with E-state index in [9.17, 15) is 0 Å². The molecule has 0 fully saturated rings. The summed E-state index contributed by atoms with van der Waals surface area (Å²) in [5, 5.41) is 8.59. The summed E-state index contributed by atoms with van der Waals surface area (Å²) in [5.74, 6) is 0. The highest BCUT2D eigenvalue weighted by Crippen LogP contribution is 2.19. The standard InChI is InChI=1S/C10H7N/c11-7-8-4-5-9-2-1-3-10(9)6-8/h1,3-6H,2H2. The van der Waals surface area contributed by atoms with E-state index in [1.165, 1.54) is 11.1 Å². The molecular formula is C10H7N. The highest BCUT2D eigenvalue weighted by molar-refractivity contribution is 5.61. The molecule has 2 rings (SSSR count). The second-order valence-electron chi connectivity index (χ2n) is 2.63. The Morgan fingerprint density at radius 1 is 1.36 bits per heavy atom. The van der Waals surface area contributed by atoms with Crippen LogP contribution in [-0.2, 0) is 6.42 Å². The highest BCUT2D eigenvalue weighted by atomic mass is 14.2. The first kappa shape index (κ1) is 6.18. The molecule has 0 bridgehead atoms. The summed E-state index contributed by atoms with van der Waals surface area (Å²) in [4.78, 5) is 0. The molecule has 1 aromatic rings. The Hall–Kier alpha value is -1.55. The Bertz CT molecular complexity index is 356. The van der Waals surface area contributed by atoms with Crippen LogP contribution in [0.5, 0.6) is 0 Å². The van der Waals surface area contributed by atoms with E-state index in [0.717, 1.165) is 12.0 Å². The fourth-order valence-electron chi connectivity index (χ4n) is 1.32. The van der Waals surface area contributed by atoms with Crippen molar-refractivity contribution in [2.75, 3.05) is 0 Å². The average Bonchev–Trinajstić information content (AvgIpc) is 2.50. The number of nitrogens with zero attached hydrogens (tertiary/aromatic N) is 1. The Morgan fingerprint density at radius 2 is 2.27 bits per heavy atom. The maximum atomic E-state index is 8.59. The van der Waals surface area contributed by atoms with Crippen molar-refractivity contribution in [1.82, 2.24) is 0 Å². The number of hydrogen-bond acceptors (Lipinski definition) is 1. The van der Waals surface area contributed by atoms with E-state index in [0.29, 0.717) is 0 Å². The normalized spacial score (nSPS) is 12.6. The molecule has 0 radical (unpaired) electrons. The van der Waals surface area contributed by atoms with E-state index in [-0.39, 0.29) is 0 Å². The van der Waals surface area contributed by atoms with Crippen LogP contribution in [0.25, 0.3) is 6.08 Å². The Morgan fingerprint density at radius 3 is 3.09 bits per heavy atom. The number of fused-ring (bicyclic) bond motifs is 1. The van der Waals surface area contributed by atoms with Gasteiger partial charge in [-0.05, 0) is 29.7 Å². The Balaban J connectivity index is 2.58. The van der Waals surface area contributed by atoms with Gasteiger partial charge in [-0.3, -0.25) is 0 Å².